The first-order valence-electron chi connectivity index (χ1n) is 7.43. The summed E-state index contributed by atoms with van der Waals surface area (Å²) in [6.45, 7) is 10.2. The zero-order chi connectivity index (χ0) is 16.0. The number of rotatable bonds is 7. The van der Waals surface area contributed by atoms with Crippen LogP contribution in [0.4, 0.5) is 4.79 Å². The van der Waals surface area contributed by atoms with Crippen LogP contribution >= 0.6 is 0 Å². The molecular formula is C15H27N3O3. The first-order valence-corrected chi connectivity index (χ1v) is 7.43. The molecule has 21 heavy (non-hydrogen) atoms. The van der Waals surface area contributed by atoms with Crippen LogP contribution < -0.4 is 10.6 Å². The van der Waals surface area contributed by atoms with Crippen molar-refractivity contribution in [3.63, 3.8) is 0 Å². The predicted molar refractivity (Wildman–Crippen MR) is 81.2 cm³/mol. The molecule has 0 bridgehead atoms. The van der Waals surface area contributed by atoms with Gasteiger partial charge in [0.1, 0.15) is 5.76 Å². The first-order chi connectivity index (χ1) is 9.77. The Balaban J connectivity index is 2.32. The number of nitrogens with one attached hydrogen (secondary N) is 2. The molecule has 0 aliphatic rings. The number of carbonyl (C=O) groups is 1. The van der Waals surface area contributed by atoms with Gasteiger partial charge >= 0.3 is 6.03 Å². The number of aromatic nitrogens is 1. The van der Waals surface area contributed by atoms with Gasteiger partial charge in [-0.15, -0.1) is 0 Å². The SMILES string of the molecule is CCC(C)C(C)(O)CNC(=O)NCCc1c(C)noc1C. The molecule has 0 saturated carbocycles. The van der Waals surface area contributed by atoms with Gasteiger partial charge in [-0.1, -0.05) is 25.4 Å². The normalized spacial score (nSPS) is 15.3. The minimum atomic E-state index is -0.895. The van der Waals surface area contributed by atoms with Crippen LogP contribution in [0.15, 0.2) is 4.52 Å². The van der Waals surface area contributed by atoms with Gasteiger partial charge in [-0.3, -0.25) is 0 Å². The fraction of sp³-hybridized carbons (Fsp3) is 0.733. The fourth-order valence-electron chi connectivity index (χ4n) is 2.10. The van der Waals surface area contributed by atoms with Gasteiger partial charge in [-0.05, 0) is 33.1 Å². The molecule has 120 valence electrons. The highest BCUT2D eigenvalue weighted by Crippen LogP contribution is 2.18. The zero-order valence-corrected chi connectivity index (χ0v) is 13.6. The van der Waals surface area contributed by atoms with E-state index in [1.165, 1.54) is 0 Å². The van der Waals surface area contributed by atoms with Gasteiger partial charge in [0.25, 0.3) is 0 Å². The van der Waals surface area contributed by atoms with Crippen LogP contribution in [0.2, 0.25) is 0 Å². The summed E-state index contributed by atoms with van der Waals surface area (Å²) < 4.78 is 5.07. The van der Waals surface area contributed by atoms with Crippen LogP contribution in [0.1, 0.15) is 44.2 Å². The van der Waals surface area contributed by atoms with Crippen LogP contribution in [0.3, 0.4) is 0 Å². The third-order valence-corrected chi connectivity index (χ3v) is 4.12. The maximum Gasteiger partial charge on any atom is 0.314 e. The molecule has 0 aromatic carbocycles. The molecule has 1 rings (SSSR count). The van der Waals surface area contributed by atoms with Crippen molar-refractivity contribution in [1.29, 1.82) is 0 Å². The molecule has 2 atom stereocenters. The smallest absolute Gasteiger partial charge is 0.314 e. The van der Waals surface area contributed by atoms with Gasteiger partial charge < -0.3 is 20.3 Å². The predicted octanol–water partition coefficient (Wildman–Crippen LogP) is 1.93. The van der Waals surface area contributed by atoms with Crippen molar-refractivity contribution in [2.45, 2.75) is 53.1 Å². The van der Waals surface area contributed by atoms with E-state index >= 15 is 0 Å². The summed E-state index contributed by atoms with van der Waals surface area (Å²) in [5.74, 6) is 0.912. The number of aliphatic hydroxyl groups is 1. The number of urea groups is 1. The van der Waals surface area contributed by atoms with E-state index in [0.717, 1.165) is 23.4 Å². The minimum absolute atomic E-state index is 0.125. The van der Waals surface area contributed by atoms with E-state index in [9.17, 15) is 9.90 Å². The van der Waals surface area contributed by atoms with Gasteiger partial charge in [-0.2, -0.15) is 0 Å². The third-order valence-electron chi connectivity index (χ3n) is 4.12. The molecule has 0 radical (unpaired) electrons. The maximum atomic E-state index is 11.7. The second kappa shape index (κ2) is 7.45. The molecule has 6 nitrogen and oxygen atoms in total. The fourth-order valence-corrected chi connectivity index (χ4v) is 2.10. The maximum absolute atomic E-state index is 11.7. The van der Waals surface area contributed by atoms with Gasteiger partial charge in [0.05, 0.1) is 11.3 Å². The largest absolute Gasteiger partial charge is 0.388 e. The summed E-state index contributed by atoms with van der Waals surface area (Å²) in [7, 11) is 0. The number of hydrogen-bond donors (Lipinski definition) is 3. The molecule has 0 spiro atoms. The summed E-state index contributed by atoms with van der Waals surface area (Å²) in [5, 5.41) is 19.6. The Labute approximate surface area is 126 Å². The second-order valence-corrected chi connectivity index (χ2v) is 5.83. The van der Waals surface area contributed by atoms with Crippen molar-refractivity contribution in [3.8, 4) is 0 Å². The highest BCUT2D eigenvalue weighted by Gasteiger charge is 2.27. The lowest BCUT2D eigenvalue weighted by atomic mass is 9.89. The number of carbonyl (C=O) groups excluding carboxylic acids is 1. The molecule has 1 aromatic rings. The summed E-state index contributed by atoms with van der Waals surface area (Å²) >= 11 is 0. The van der Waals surface area contributed by atoms with Crippen LogP contribution in [-0.4, -0.2) is 35.0 Å². The van der Waals surface area contributed by atoms with Crippen molar-refractivity contribution in [2.24, 2.45) is 5.92 Å². The molecule has 2 amide bonds. The summed E-state index contributed by atoms with van der Waals surface area (Å²) in [5.41, 5.74) is 0.990. The van der Waals surface area contributed by atoms with Crippen molar-refractivity contribution in [2.75, 3.05) is 13.1 Å². The minimum Gasteiger partial charge on any atom is -0.388 e. The Kier molecular flexibility index (Phi) is 6.20. The van der Waals surface area contributed by atoms with E-state index in [2.05, 4.69) is 15.8 Å². The number of aryl methyl sites for hydroxylation is 2. The molecule has 0 aliphatic heterocycles. The highest BCUT2D eigenvalue weighted by molar-refractivity contribution is 5.73. The Hall–Kier alpha value is -1.56. The van der Waals surface area contributed by atoms with Gasteiger partial charge in [0.2, 0.25) is 0 Å². The Bertz CT molecular complexity index is 449. The third kappa shape index (κ3) is 5.04. The van der Waals surface area contributed by atoms with E-state index in [-0.39, 0.29) is 18.5 Å². The first kappa shape index (κ1) is 17.5. The molecule has 2 unspecified atom stereocenters. The molecule has 1 heterocycles. The van der Waals surface area contributed by atoms with E-state index in [1.54, 1.807) is 6.92 Å². The molecule has 6 heteroatoms. The van der Waals surface area contributed by atoms with Crippen LogP contribution in [0, 0.1) is 19.8 Å². The quantitative estimate of drug-likeness (QED) is 0.717. The van der Waals surface area contributed by atoms with E-state index < -0.39 is 5.60 Å². The standard InChI is InChI=1S/C15H27N3O3/c1-6-10(2)15(5,20)9-17-14(19)16-8-7-13-11(3)18-21-12(13)4/h10,20H,6-9H2,1-5H3,(H2,16,17,19). The van der Waals surface area contributed by atoms with Gasteiger partial charge in [0, 0.05) is 18.7 Å². The van der Waals surface area contributed by atoms with Crippen molar-refractivity contribution >= 4 is 6.03 Å². The lowest BCUT2D eigenvalue weighted by Crippen LogP contribution is -2.48. The van der Waals surface area contributed by atoms with Crippen LogP contribution in [0.5, 0.6) is 0 Å². The van der Waals surface area contributed by atoms with Crippen LogP contribution in [-0.2, 0) is 6.42 Å². The van der Waals surface area contributed by atoms with E-state index in [1.807, 2.05) is 27.7 Å². The number of amides is 2. The lowest BCUT2D eigenvalue weighted by molar-refractivity contribution is 0.00792. The summed E-state index contributed by atoms with van der Waals surface area (Å²) in [6.07, 6.45) is 1.54. The second-order valence-electron chi connectivity index (χ2n) is 5.83. The average Bonchev–Trinajstić information content (AvgIpc) is 2.76. The van der Waals surface area contributed by atoms with E-state index in [4.69, 9.17) is 4.52 Å². The molecule has 0 saturated heterocycles. The zero-order valence-electron chi connectivity index (χ0n) is 13.6. The highest BCUT2D eigenvalue weighted by atomic mass is 16.5. The van der Waals surface area contributed by atoms with Crippen molar-refractivity contribution in [1.82, 2.24) is 15.8 Å². The van der Waals surface area contributed by atoms with Crippen molar-refractivity contribution < 1.29 is 14.4 Å². The average molecular weight is 297 g/mol. The molecule has 1 aromatic heterocycles. The number of hydrogen-bond acceptors (Lipinski definition) is 4. The molecule has 0 fully saturated rings. The van der Waals surface area contributed by atoms with Gasteiger partial charge in [-0.25, -0.2) is 4.79 Å². The topological polar surface area (TPSA) is 87.4 Å². The summed E-state index contributed by atoms with van der Waals surface area (Å²) in [4.78, 5) is 11.7. The molecule has 3 N–H and O–H groups in total. The Morgan fingerprint density at radius 2 is 2.10 bits per heavy atom. The Morgan fingerprint density at radius 3 is 2.62 bits per heavy atom. The van der Waals surface area contributed by atoms with Gasteiger partial charge in [0.15, 0.2) is 0 Å². The molecular weight excluding hydrogens is 270 g/mol. The lowest BCUT2D eigenvalue weighted by Gasteiger charge is -2.29. The monoisotopic (exact) mass is 297 g/mol. The summed E-state index contributed by atoms with van der Waals surface area (Å²) in [6, 6.07) is -0.273. The van der Waals surface area contributed by atoms with Crippen LogP contribution in [0.25, 0.3) is 0 Å². The van der Waals surface area contributed by atoms with E-state index in [0.29, 0.717) is 13.0 Å². The van der Waals surface area contributed by atoms with Crippen molar-refractivity contribution in [3.05, 3.63) is 17.0 Å². The number of nitrogens with zero attached hydrogens (tertiary/aromatic N) is 1. The molecule has 0 aliphatic carbocycles. The Morgan fingerprint density at radius 1 is 1.43 bits per heavy atom.